The Kier molecular flexibility index (Phi) is 5.58. The SMILES string of the molecule is C=CCNc1nccc(-n2cc(-c3ccc(F)cc3)nc2C2OCC(C)(N)CO2)n1. The van der Waals surface area contributed by atoms with Gasteiger partial charge in [0.05, 0.1) is 24.4 Å². The summed E-state index contributed by atoms with van der Waals surface area (Å²) in [6.07, 6.45) is 4.47. The first-order chi connectivity index (χ1) is 14.4. The van der Waals surface area contributed by atoms with E-state index in [1.54, 1.807) is 35.0 Å². The maximum Gasteiger partial charge on any atom is 0.224 e. The van der Waals surface area contributed by atoms with Gasteiger partial charge in [-0.2, -0.15) is 4.98 Å². The van der Waals surface area contributed by atoms with Gasteiger partial charge in [-0.05, 0) is 37.3 Å². The predicted molar refractivity (Wildman–Crippen MR) is 110 cm³/mol. The number of anilines is 1. The lowest BCUT2D eigenvalue weighted by atomic mass is 10.1. The molecule has 156 valence electrons. The molecule has 0 bridgehead atoms. The number of halogens is 1. The van der Waals surface area contributed by atoms with Gasteiger partial charge in [-0.3, -0.25) is 4.57 Å². The fraction of sp³-hybridized carbons (Fsp3) is 0.286. The monoisotopic (exact) mass is 410 g/mol. The largest absolute Gasteiger partial charge is 0.351 e. The summed E-state index contributed by atoms with van der Waals surface area (Å²) in [7, 11) is 0. The minimum absolute atomic E-state index is 0.312. The summed E-state index contributed by atoms with van der Waals surface area (Å²) in [4.78, 5) is 13.5. The summed E-state index contributed by atoms with van der Waals surface area (Å²) in [5.74, 6) is 1.24. The van der Waals surface area contributed by atoms with Crippen LogP contribution in [0.1, 0.15) is 19.0 Å². The number of rotatable bonds is 6. The van der Waals surface area contributed by atoms with Gasteiger partial charge in [-0.15, -0.1) is 6.58 Å². The zero-order valence-corrected chi connectivity index (χ0v) is 16.6. The van der Waals surface area contributed by atoms with Gasteiger partial charge < -0.3 is 20.5 Å². The third kappa shape index (κ3) is 4.38. The van der Waals surface area contributed by atoms with Crippen LogP contribution >= 0.6 is 0 Å². The first-order valence-corrected chi connectivity index (χ1v) is 9.51. The highest BCUT2D eigenvalue weighted by Gasteiger charge is 2.33. The second-order valence-electron chi connectivity index (χ2n) is 7.38. The minimum atomic E-state index is -0.713. The Morgan fingerprint density at radius 2 is 2.00 bits per heavy atom. The molecule has 2 aromatic heterocycles. The van der Waals surface area contributed by atoms with Crippen molar-refractivity contribution >= 4 is 5.95 Å². The molecule has 1 saturated heterocycles. The highest BCUT2D eigenvalue weighted by atomic mass is 19.1. The lowest BCUT2D eigenvalue weighted by molar-refractivity contribution is -0.212. The van der Waals surface area contributed by atoms with Gasteiger partial charge in [-0.1, -0.05) is 6.08 Å². The van der Waals surface area contributed by atoms with Crippen molar-refractivity contribution in [3.05, 3.63) is 67.0 Å². The van der Waals surface area contributed by atoms with Crippen LogP contribution in [0.25, 0.3) is 17.1 Å². The molecule has 3 aromatic rings. The van der Waals surface area contributed by atoms with Crippen molar-refractivity contribution in [2.75, 3.05) is 25.1 Å². The van der Waals surface area contributed by atoms with Gasteiger partial charge in [0.2, 0.25) is 12.2 Å². The molecule has 8 nitrogen and oxygen atoms in total. The maximum atomic E-state index is 13.4. The van der Waals surface area contributed by atoms with Crippen molar-refractivity contribution in [3.8, 4) is 17.1 Å². The zero-order chi connectivity index (χ0) is 21.1. The Morgan fingerprint density at radius 3 is 2.70 bits per heavy atom. The number of hydrogen-bond donors (Lipinski definition) is 2. The Balaban J connectivity index is 1.74. The molecule has 0 aliphatic carbocycles. The first kappa shape index (κ1) is 20.1. The van der Waals surface area contributed by atoms with Gasteiger partial charge in [0.15, 0.2) is 5.82 Å². The van der Waals surface area contributed by atoms with Crippen LogP contribution in [0, 0.1) is 5.82 Å². The first-order valence-electron chi connectivity index (χ1n) is 9.51. The standard InChI is InChI=1S/C21H23FN6O2/c1-3-9-24-20-25-10-8-17(27-20)28-11-16(14-4-6-15(22)7-5-14)26-18(28)19-29-12-21(2,23)13-30-19/h3-8,10-11,19H,1,9,12-13,23H2,2H3,(H,24,25,27). The second kappa shape index (κ2) is 8.31. The van der Waals surface area contributed by atoms with Crippen LogP contribution in [-0.2, 0) is 9.47 Å². The lowest BCUT2D eigenvalue weighted by Gasteiger charge is -2.34. The van der Waals surface area contributed by atoms with Gasteiger partial charge in [0, 0.05) is 24.5 Å². The fourth-order valence-electron chi connectivity index (χ4n) is 3.01. The molecule has 1 aliphatic rings. The van der Waals surface area contributed by atoms with E-state index in [-0.39, 0.29) is 5.82 Å². The number of ether oxygens (including phenoxy) is 2. The van der Waals surface area contributed by atoms with Gasteiger partial charge in [0.1, 0.15) is 11.6 Å². The van der Waals surface area contributed by atoms with Crippen LogP contribution in [0.3, 0.4) is 0 Å². The quantitative estimate of drug-likeness (QED) is 0.603. The molecule has 0 amide bonds. The molecular formula is C21H23FN6O2. The van der Waals surface area contributed by atoms with Crippen LogP contribution in [0.5, 0.6) is 0 Å². The van der Waals surface area contributed by atoms with Gasteiger partial charge in [-0.25, -0.2) is 14.4 Å². The molecule has 3 N–H and O–H groups in total. The van der Waals surface area contributed by atoms with E-state index in [2.05, 4.69) is 21.9 Å². The normalized spacial score (nSPS) is 21.4. The molecule has 0 atom stereocenters. The van der Waals surface area contributed by atoms with E-state index in [0.29, 0.717) is 43.0 Å². The number of benzene rings is 1. The van der Waals surface area contributed by atoms with Gasteiger partial charge in [0.25, 0.3) is 0 Å². The van der Waals surface area contributed by atoms with E-state index < -0.39 is 11.8 Å². The zero-order valence-electron chi connectivity index (χ0n) is 16.6. The van der Waals surface area contributed by atoms with Crippen molar-refractivity contribution in [2.45, 2.75) is 18.8 Å². The van der Waals surface area contributed by atoms with E-state index in [9.17, 15) is 4.39 Å². The van der Waals surface area contributed by atoms with Crippen molar-refractivity contribution in [1.82, 2.24) is 19.5 Å². The highest BCUT2D eigenvalue weighted by molar-refractivity contribution is 5.59. The van der Waals surface area contributed by atoms with E-state index in [0.717, 1.165) is 5.56 Å². The molecule has 30 heavy (non-hydrogen) atoms. The summed E-state index contributed by atoms with van der Waals surface area (Å²) >= 11 is 0. The number of imidazole rings is 1. The number of nitrogens with one attached hydrogen (secondary N) is 1. The number of nitrogens with zero attached hydrogens (tertiary/aromatic N) is 4. The summed E-state index contributed by atoms with van der Waals surface area (Å²) in [6.45, 7) is 6.73. The molecule has 1 aliphatic heterocycles. The van der Waals surface area contributed by atoms with E-state index in [1.165, 1.54) is 12.1 Å². The van der Waals surface area contributed by atoms with Crippen molar-refractivity contribution in [3.63, 3.8) is 0 Å². The van der Waals surface area contributed by atoms with E-state index in [4.69, 9.17) is 20.2 Å². The molecule has 1 aromatic carbocycles. The molecule has 3 heterocycles. The van der Waals surface area contributed by atoms with Crippen LogP contribution < -0.4 is 11.1 Å². The van der Waals surface area contributed by atoms with Crippen molar-refractivity contribution in [2.24, 2.45) is 5.73 Å². The fourth-order valence-corrected chi connectivity index (χ4v) is 3.01. The van der Waals surface area contributed by atoms with Gasteiger partial charge >= 0.3 is 0 Å². The molecule has 0 saturated carbocycles. The van der Waals surface area contributed by atoms with E-state index in [1.807, 2.05) is 13.1 Å². The Hall–Kier alpha value is -3.14. The molecule has 1 fully saturated rings. The second-order valence-corrected chi connectivity index (χ2v) is 7.38. The van der Waals surface area contributed by atoms with Crippen molar-refractivity contribution in [1.29, 1.82) is 0 Å². The molecule has 9 heteroatoms. The average molecular weight is 410 g/mol. The Morgan fingerprint density at radius 1 is 1.27 bits per heavy atom. The van der Waals surface area contributed by atoms with E-state index >= 15 is 0 Å². The Bertz CT molecular complexity index is 1020. The predicted octanol–water partition coefficient (Wildman–Crippen LogP) is 2.83. The third-order valence-electron chi connectivity index (χ3n) is 4.51. The van der Waals surface area contributed by atoms with Crippen LogP contribution in [0.2, 0.25) is 0 Å². The average Bonchev–Trinajstić information content (AvgIpc) is 3.18. The highest BCUT2D eigenvalue weighted by Crippen LogP contribution is 2.30. The third-order valence-corrected chi connectivity index (χ3v) is 4.51. The maximum absolute atomic E-state index is 13.4. The molecular weight excluding hydrogens is 387 g/mol. The molecule has 0 radical (unpaired) electrons. The molecule has 4 rings (SSSR count). The minimum Gasteiger partial charge on any atom is -0.351 e. The van der Waals surface area contributed by atoms with Crippen LogP contribution in [-0.4, -0.2) is 44.8 Å². The molecule has 0 unspecified atom stereocenters. The smallest absolute Gasteiger partial charge is 0.224 e. The summed E-state index contributed by atoms with van der Waals surface area (Å²) < 4.78 is 26.8. The number of aromatic nitrogens is 4. The van der Waals surface area contributed by atoms with Crippen LogP contribution in [0.4, 0.5) is 10.3 Å². The summed E-state index contributed by atoms with van der Waals surface area (Å²) in [5.41, 5.74) is 6.93. The molecule has 0 spiro atoms. The summed E-state index contributed by atoms with van der Waals surface area (Å²) in [5, 5.41) is 3.06. The van der Waals surface area contributed by atoms with Crippen LogP contribution in [0.15, 0.2) is 55.4 Å². The lowest BCUT2D eigenvalue weighted by Crippen LogP contribution is -2.50. The van der Waals surface area contributed by atoms with Crippen molar-refractivity contribution < 1.29 is 13.9 Å². The number of nitrogens with two attached hydrogens (primary N) is 1. The Labute approximate surface area is 173 Å². The number of hydrogen-bond acceptors (Lipinski definition) is 7. The topological polar surface area (TPSA) is 100 Å². The summed E-state index contributed by atoms with van der Waals surface area (Å²) in [6, 6.07) is 7.88.